The summed E-state index contributed by atoms with van der Waals surface area (Å²) in [5.41, 5.74) is 0. The van der Waals surface area contributed by atoms with E-state index in [1.54, 1.807) is 0 Å². The van der Waals surface area contributed by atoms with Crippen LogP contribution in [0.5, 0.6) is 0 Å². The molecule has 2 nitrogen and oxygen atoms in total. The quantitative estimate of drug-likeness (QED) is 0.792. The highest BCUT2D eigenvalue weighted by Gasteiger charge is 2.31. The number of rotatable bonds is 5. The smallest absolute Gasteiger partial charge is 0.0198 e. The maximum Gasteiger partial charge on any atom is 0.0198 e. The van der Waals surface area contributed by atoms with Gasteiger partial charge in [0.25, 0.3) is 0 Å². The van der Waals surface area contributed by atoms with Crippen molar-refractivity contribution < 1.29 is 0 Å². The van der Waals surface area contributed by atoms with E-state index in [4.69, 9.17) is 0 Å². The molecule has 17 heavy (non-hydrogen) atoms. The highest BCUT2D eigenvalue weighted by molar-refractivity contribution is 4.87. The van der Waals surface area contributed by atoms with Crippen LogP contribution in [-0.4, -0.2) is 36.6 Å². The highest BCUT2D eigenvalue weighted by atomic mass is 15.2. The zero-order valence-electron chi connectivity index (χ0n) is 12.1. The summed E-state index contributed by atoms with van der Waals surface area (Å²) in [5, 5.41) is 3.81. The van der Waals surface area contributed by atoms with Crippen molar-refractivity contribution in [2.45, 2.75) is 59.0 Å². The monoisotopic (exact) mass is 238 g/mol. The molecule has 1 heterocycles. The molecule has 2 atom stereocenters. The molecule has 0 aromatic rings. The third-order valence-electron chi connectivity index (χ3n) is 4.58. The van der Waals surface area contributed by atoms with Crippen LogP contribution in [0, 0.1) is 17.8 Å². The predicted octanol–water partition coefficient (Wildman–Crippen LogP) is 2.74. The molecule has 1 aliphatic heterocycles. The fourth-order valence-corrected chi connectivity index (χ4v) is 2.88. The molecule has 1 saturated carbocycles. The van der Waals surface area contributed by atoms with Gasteiger partial charge in [0.05, 0.1) is 0 Å². The average molecular weight is 238 g/mol. The van der Waals surface area contributed by atoms with Crippen LogP contribution in [0.3, 0.4) is 0 Å². The van der Waals surface area contributed by atoms with Gasteiger partial charge in [-0.3, -0.25) is 4.90 Å². The fourth-order valence-electron chi connectivity index (χ4n) is 2.88. The maximum atomic E-state index is 3.81. The van der Waals surface area contributed by atoms with E-state index < -0.39 is 0 Å². The Morgan fingerprint density at radius 1 is 1.12 bits per heavy atom. The van der Waals surface area contributed by atoms with Crippen molar-refractivity contribution in [3.8, 4) is 0 Å². The van der Waals surface area contributed by atoms with Crippen LogP contribution < -0.4 is 5.32 Å². The largest absolute Gasteiger partial charge is 0.312 e. The Kier molecular flexibility index (Phi) is 4.48. The van der Waals surface area contributed by atoms with E-state index in [9.17, 15) is 0 Å². The van der Waals surface area contributed by atoms with Crippen molar-refractivity contribution in [3.05, 3.63) is 0 Å². The molecule has 2 rings (SSSR count). The molecule has 0 radical (unpaired) electrons. The molecular weight excluding hydrogens is 208 g/mol. The second kappa shape index (κ2) is 5.71. The van der Waals surface area contributed by atoms with Crippen molar-refractivity contribution in [2.75, 3.05) is 19.6 Å². The van der Waals surface area contributed by atoms with Gasteiger partial charge in [0.15, 0.2) is 0 Å². The summed E-state index contributed by atoms with van der Waals surface area (Å²) in [6.07, 6.45) is 4.30. The molecule has 1 saturated heterocycles. The van der Waals surface area contributed by atoms with Crippen LogP contribution >= 0.6 is 0 Å². The fraction of sp³-hybridized carbons (Fsp3) is 1.00. The lowest BCUT2D eigenvalue weighted by Crippen LogP contribution is -2.52. The summed E-state index contributed by atoms with van der Waals surface area (Å²) in [4.78, 5) is 2.67. The van der Waals surface area contributed by atoms with Crippen molar-refractivity contribution in [1.82, 2.24) is 10.2 Å². The minimum absolute atomic E-state index is 0.696. The van der Waals surface area contributed by atoms with Crippen LogP contribution in [0.1, 0.15) is 47.0 Å². The third kappa shape index (κ3) is 3.96. The first-order chi connectivity index (χ1) is 8.06. The van der Waals surface area contributed by atoms with Gasteiger partial charge in [-0.25, -0.2) is 0 Å². The Balaban J connectivity index is 1.85. The second-order valence-electron chi connectivity index (χ2n) is 6.84. The molecule has 100 valence electrons. The molecule has 0 bridgehead atoms. The number of nitrogens with zero attached hydrogens (tertiary/aromatic N) is 1. The molecule has 2 fully saturated rings. The molecule has 0 aromatic carbocycles. The molecule has 2 aliphatic rings. The van der Waals surface area contributed by atoms with Gasteiger partial charge in [0.1, 0.15) is 0 Å². The Bertz CT molecular complexity index is 217. The van der Waals surface area contributed by atoms with E-state index in [1.165, 1.54) is 38.9 Å². The van der Waals surface area contributed by atoms with Gasteiger partial charge in [0.2, 0.25) is 0 Å². The van der Waals surface area contributed by atoms with E-state index >= 15 is 0 Å². The van der Waals surface area contributed by atoms with Gasteiger partial charge >= 0.3 is 0 Å². The Morgan fingerprint density at radius 3 is 2.35 bits per heavy atom. The van der Waals surface area contributed by atoms with Gasteiger partial charge in [-0.1, -0.05) is 13.8 Å². The van der Waals surface area contributed by atoms with E-state index in [0.29, 0.717) is 6.04 Å². The molecular formula is C15H30N2. The van der Waals surface area contributed by atoms with Crippen LogP contribution in [0.4, 0.5) is 0 Å². The summed E-state index contributed by atoms with van der Waals surface area (Å²) < 4.78 is 0. The average Bonchev–Trinajstić information content (AvgIpc) is 3.09. The van der Waals surface area contributed by atoms with Gasteiger partial charge in [-0.05, 0) is 57.4 Å². The first kappa shape index (κ1) is 13.4. The second-order valence-corrected chi connectivity index (χ2v) is 6.84. The van der Waals surface area contributed by atoms with Gasteiger partial charge in [-0.2, -0.15) is 0 Å². The zero-order valence-corrected chi connectivity index (χ0v) is 12.1. The number of hydrogen-bond acceptors (Lipinski definition) is 2. The Hall–Kier alpha value is -0.0800. The Labute approximate surface area is 107 Å². The number of piperidine rings is 1. The predicted molar refractivity (Wildman–Crippen MR) is 74.2 cm³/mol. The highest BCUT2D eigenvalue weighted by Crippen LogP contribution is 2.29. The summed E-state index contributed by atoms with van der Waals surface area (Å²) in [5.74, 6) is 2.70. The van der Waals surface area contributed by atoms with E-state index in [2.05, 4.69) is 37.9 Å². The first-order valence-corrected chi connectivity index (χ1v) is 7.53. The topological polar surface area (TPSA) is 15.3 Å². The lowest BCUT2D eigenvalue weighted by molar-refractivity contribution is 0.0902. The maximum absolute atomic E-state index is 3.81. The van der Waals surface area contributed by atoms with E-state index in [0.717, 1.165) is 23.8 Å². The van der Waals surface area contributed by atoms with Gasteiger partial charge in [-0.15, -0.1) is 0 Å². The van der Waals surface area contributed by atoms with Crippen LogP contribution in [0.25, 0.3) is 0 Å². The summed E-state index contributed by atoms with van der Waals surface area (Å²) in [6.45, 7) is 13.3. The number of hydrogen-bond donors (Lipinski definition) is 1. The molecule has 2 heteroatoms. The van der Waals surface area contributed by atoms with Crippen LogP contribution in [0.15, 0.2) is 0 Å². The SMILES string of the molecule is CC(C)C1CC(NCC2CC2)CN(C(C)C)C1. The van der Waals surface area contributed by atoms with Gasteiger partial charge in [0, 0.05) is 25.2 Å². The molecule has 0 spiro atoms. The normalized spacial score (nSPS) is 31.4. The van der Waals surface area contributed by atoms with Gasteiger partial charge < -0.3 is 5.32 Å². The van der Waals surface area contributed by atoms with Crippen molar-refractivity contribution in [1.29, 1.82) is 0 Å². The van der Waals surface area contributed by atoms with E-state index in [-0.39, 0.29) is 0 Å². The lowest BCUT2D eigenvalue weighted by atomic mass is 9.85. The first-order valence-electron chi connectivity index (χ1n) is 7.53. The zero-order chi connectivity index (χ0) is 12.4. The summed E-state index contributed by atoms with van der Waals surface area (Å²) >= 11 is 0. The van der Waals surface area contributed by atoms with Crippen molar-refractivity contribution >= 4 is 0 Å². The van der Waals surface area contributed by atoms with Crippen molar-refractivity contribution in [2.24, 2.45) is 17.8 Å². The lowest BCUT2D eigenvalue weighted by Gasteiger charge is -2.42. The minimum Gasteiger partial charge on any atom is -0.312 e. The standard InChI is InChI=1S/C15H30N2/c1-11(2)14-7-15(16-8-13-5-6-13)10-17(9-14)12(3)4/h11-16H,5-10H2,1-4H3. The summed E-state index contributed by atoms with van der Waals surface area (Å²) in [7, 11) is 0. The minimum atomic E-state index is 0.696. The van der Waals surface area contributed by atoms with Crippen molar-refractivity contribution in [3.63, 3.8) is 0 Å². The van der Waals surface area contributed by atoms with Crippen LogP contribution in [-0.2, 0) is 0 Å². The van der Waals surface area contributed by atoms with E-state index in [1.807, 2.05) is 0 Å². The molecule has 1 aliphatic carbocycles. The third-order valence-corrected chi connectivity index (χ3v) is 4.58. The van der Waals surface area contributed by atoms with Crippen LogP contribution in [0.2, 0.25) is 0 Å². The molecule has 0 aromatic heterocycles. The molecule has 1 N–H and O–H groups in total. The number of likely N-dealkylation sites (tertiary alicyclic amines) is 1. The molecule has 0 amide bonds. The summed E-state index contributed by atoms with van der Waals surface area (Å²) in [6, 6.07) is 1.43. The Morgan fingerprint density at radius 2 is 1.82 bits per heavy atom. The molecule has 2 unspecified atom stereocenters. The number of nitrogens with one attached hydrogen (secondary N) is 1.